The zero-order chi connectivity index (χ0) is 30.0. The van der Waals surface area contributed by atoms with Crippen LogP contribution in [-0.4, -0.2) is 86.6 Å². The van der Waals surface area contributed by atoms with Gasteiger partial charge in [0.1, 0.15) is 11.2 Å². The molecule has 2 saturated heterocycles. The number of thiocarbonyl (C=S) groups is 1. The molecule has 17 heteroatoms. The fourth-order valence-corrected chi connectivity index (χ4v) is 7.59. The van der Waals surface area contributed by atoms with Gasteiger partial charge in [-0.1, -0.05) is 11.8 Å². The molecule has 0 spiro atoms. The number of aliphatic carboxylic acids is 1. The molecule has 1 aromatic heterocycles. The van der Waals surface area contributed by atoms with Crippen LogP contribution in [0.15, 0.2) is 33.7 Å². The van der Waals surface area contributed by atoms with Crippen molar-refractivity contribution in [1.82, 2.24) is 19.7 Å². The number of anilines is 1. The number of thioether (sulfide) groups is 1. The van der Waals surface area contributed by atoms with Crippen molar-refractivity contribution in [2.24, 2.45) is 5.92 Å². The number of piperazine rings is 1. The summed E-state index contributed by atoms with van der Waals surface area (Å²) >= 11 is 6.73. The average molecular weight is 662 g/mol. The topological polar surface area (TPSA) is 161 Å². The van der Waals surface area contributed by atoms with Crippen LogP contribution in [-0.2, 0) is 9.59 Å². The number of hydrogen-bond acceptors (Lipinski definition) is 10. The van der Waals surface area contributed by atoms with E-state index in [2.05, 4.69) is 5.32 Å². The second kappa shape index (κ2) is 13.6. The molecule has 0 radical (unpaired) electrons. The van der Waals surface area contributed by atoms with Crippen molar-refractivity contribution < 1.29 is 93.2 Å². The predicted molar refractivity (Wildman–Crippen MR) is 151 cm³/mol. The Kier molecular flexibility index (Phi) is 10.9. The van der Waals surface area contributed by atoms with Gasteiger partial charge < -0.3 is 44.6 Å². The van der Waals surface area contributed by atoms with Crippen LogP contribution in [0.2, 0.25) is 0 Å². The van der Waals surface area contributed by atoms with Crippen molar-refractivity contribution in [3.8, 4) is 0 Å². The van der Waals surface area contributed by atoms with Crippen molar-refractivity contribution in [2.45, 2.75) is 37.3 Å². The number of carboxylic acids is 2. The minimum atomic E-state index is -1.59. The zero-order valence-electron chi connectivity index (χ0n) is 24.4. The van der Waals surface area contributed by atoms with Crippen molar-refractivity contribution in [2.75, 3.05) is 37.6 Å². The number of carboxylic acid groups (broad SMARTS) is 2. The number of hydrogen-bond donors (Lipinski definition) is 2. The molecule has 2 aromatic rings. The number of nitrogens with zero attached hydrogens (tertiary/aromatic N) is 4. The summed E-state index contributed by atoms with van der Waals surface area (Å²) in [5.74, 6) is -4.85. The number of aromatic carboxylic acids is 1. The Morgan fingerprint density at radius 3 is 2.36 bits per heavy atom. The minimum absolute atomic E-state index is 0. The molecule has 1 aliphatic carbocycles. The van der Waals surface area contributed by atoms with Crippen molar-refractivity contribution in [3.63, 3.8) is 0 Å². The summed E-state index contributed by atoms with van der Waals surface area (Å²) in [5, 5.41) is 36.1. The summed E-state index contributed by atoms with van der Waals surface area (Å²) in [5.41, 5.74) is -0.717. The third-order valence-electron chi connectivity index (χ3n) is 8.13. The van der Waals surface area contributed by atoms with Crippen LogP contribution in [0, 0.1) is 11.7 Å². The van der Waals surface area contributed by atoms with E-state index in [1.807, 2.05) is 9.80 Å². The van der Waals surface area contributed by atoms with E-state index in [-0.39, 0.29) is 82.8 Å². The first-order valence-electron chi connectivity index (χ1n) is 13.5. The van der Waals surface area contributed by atoms with E-state index in [0.717, 1.165) is 23.8 Å². The van der Waals surface area contributed by atoms with Gasteiger partial charge in [-0.3, -0.25) is 14.5 Å². The summed E-state index contributed by atoms with van der Waals surface area (Å²) in [4.78, 5) is 53.6. The molecular weight excluding hydrogens is 635 g/mol. The minimum Gasteiger partial charge on any atom is -0.545 e. The monoisotopic (exact) mass is 661 g/mol. The third kappa shape index (κ3) is 6.19. The number of fused-ring (bicyclic) bond motifs is 2. The molecule has 3 unspecified atom stereocenters. The van der Waals surface area contributed by atoms with Crippen LogP contribution in [0.25, 0.3) is 10.9 Å². The first kappa shape index (κ1) is 35.2. The molecule has 2 N–H and O–H groups in total. The molecule has 1 saturated carbocycles. The van der Waals surface area contributed by atoms with E-state index in [9.17, 15) is 34.5 Å². The van der Waals surface area contributed by atoms with Gasteiger partial charge in [-0.25, -0.2) is 4.39 Å². The normalized spacial score (nSPS) is 21.7. The summed E-state index contributed by atoms with van der Waals surface area (Å²) in [6, 6.07) is 2.72. The number of rotatable bonds is 7. The predicted octanol–water partition coefficient (Wildman–Crippen LogP) is -7.28. The first-order chi connectivity index (χ1) is 20.0. The summed E-state index contributed by atoms with van der Waals surface area (Å²) in [6.07, 6.45) is 2.04. The standard InChI is InChI=1S/C27H28FN5O7S2.2Na/c1-12(34)20-23(36)33-21(26(39)40)19(42-24(20)33)10-29-27(41)31-6-4-30(5-7-31)18-9-17-14(8-16(18)28)22(35)15(25(37)38)11-32(17)13-2-3-13;;/h8-9,11-13,20,24,34H,2-7,10H2,1H3,(H,29,41)(H,37,38)(H,39,40);;/q;2*+1/p-2. The van der Waals surface area contributed by atoms with Crippen LogP contribution in [0.1, 0.15) is 36.2 Å². The number of halogens is 1. The molecule has 3 atom stereocenters. The van der Waals surface area contributed by atoms with Gasteiger partial charge in [0.05, 0.1) is 53.0 Å². The fraction of sp³-hybridized carbons (Fsp3) is 0.444. The molecule has 12 nitrogen and oxygen atoms in total. The van der Waals surface area contributed by atoms with E-state index in [1.165, 1.54) is 24.9 Å². The Hall–Kier alpha value is -1.69. The number of benzene rings is 1. The van der Waals surface area contributed by atoms with E-state index in [1.54, 1.807) is 10.6 Å². The van der Waals surface area contributed by atoms with Gasteiger partial charge in [0.15, 0.2) is 10.5 Å². The van der Waals surface area contributed by atoms with Crippen molar-refractivity contribution in [1.29, 1.82) is 0 Å². The molecule has 44 heavy (non-hydrogen) atoms. The van der Waals surface area contributed by atoms with Gasteiger partial charge in [0, 0.05) is 48.7 Å². The van der Waals surface area contributed by atoms with E-state index in [0.29, 0.717) is 47.4 Å². The van der Waals surface area contributed by atoms with Crippen LogP contribution in [0.4, 0.5) is 10.1 Å². The molecule has 4 heterocycles. The summed E-state index contributed by atoms with van der Waals surface area (Å²) in [7, 11) is 0. The van der Waals surface area contributed by atoms with Crippen LogP contribution < -0.4 is 85.0 Å². The van der Waals surface area contributed by atoms with E-state index >= 15 is 4.39 Å². The number of amides is 1. The van der Waals surface area contributed by atoms with Gasteiger partial charge in [0.2, 0.25) is 5.91 Å². The molecule has 6 rings (SSSR count). The number of aromatic nitrogens is 1. The zero-order valence-corrected chi connectivity index (χ0v) is 30.0. The Morgan fingerprint density at radius 1 is 1.14 bits per heavy atom. The van der Waals surface area contributed by atoms with Crippen LogP contribution in [0.3, 0.4) is 0 Å². The van der Waals surface area contributed by atoms with Crippen LogP contribution in [0.5, 0.6) is 0 Å². The Labute approximate surface area is 305 Å². The summed E-state index contributed by atoms with van der Waals surface area (Å²) in [6.45, 7) is 3.21. The number of carbonyl (C=O) groups excluding carboxylic acids is 3. The van der Waals surface area contributed by atoms with Gasteiger partial charge in [-0.15, -0.1) is 0 Å². The average Bonchev–Trinajstić information content (AvgIpc) is 3.73. The second-order valence-corrected chi connectivity index (χ2v) is 12.4. The van der Waals surface area contributed by atoms with E-state index in [4.69, 9.17) is 12.2 Å². The molecule has 1 amide bonds. The second-order valence-electron chi connectivity index (χ2n) is 10.8. The molecule has 222 valence electrons. The number of carbonyl (C=O) groups is 3. The number of pyridine rings is 1. The van der Waals surface area contributed by atoms with Crippen molar-refractivity contribution >= 4 is 63.5 Å². The Bertz CT molecular complexity index is 1640. The largest absolute Gasteiger partial charge is 1.00 e. The smallest absolute Gasteiger partial charge is 0.545 e. The summed E-state index contributed by atoms with van der Waals surface area (Å²) < 4.78 is 17.0. The molecular formula is C27H26FN5Na2O7S2. The number of β-lactam (4-membered cyclic amide) rings is 1. The molecule has 4 aliphatic rings. The third-order valence-corrected chi connectivity index (χ3v) is 9.90. The molecule has 0 bridgehead atoms. The van der Waals surface area contributed by atoms with Gasteiger partial charge in [-0.05, 0) is 44.1 Å². The van der Waals surface area contributed by atoms with Gasteiger partial charge >= 0.3 is 59.1 Å². The maximum Gasteiger partial charge on any atom is 1.00 e. The van der Waals surface area contributed by atoms with E-state index < -0.39 is 52.1 Å². The maximum absolute atomic E-state index is 15.3. The number of nitrogens with one attached hydrogen (secondary N) is 1. The molecule has 3 aliphatic heterocycles. The van der Waals surface area contributed by atoms with Gasteiger partial charge in [0.25, 0.3) is 0 Å². The Morgan fingerprint density at radius 2 is 1.80 bits per heavy atom. The first-order valence-corrected chi connectivity index (χ1v) is 14.8. The van der Waals surface area contributed by atoms with Gasteiger partial charge in [-0.2, -0.15) is 0 Å². The molecule has 3 fully saturated rings. The number of aliphatic hydroxyl groups excluding tert-OH is 1. The maximum atomic E-state index is 15.3. The quantitative estimate of drug-likeness (QED) is 0.164. The van der Waals surface area contributed by atoms with Crippen molar-refractivity contribution in [3.05, 3.63) is 50.5 Å². The molecule has 1 aromatic carbocycles. The SMILES string of the molecule is CC(O)C1C(=O)N2C(C(=O)[O-])=C(CNC(=S)N3CCN(c4cc5c(cc4F)c(=O)c(C(=O)[O-])cn5C4CC4)CC3)SC12.[Na+].[Na+]. The Balaban J connectivity index is 0.00000221. The fourth-order valence-electron chi connectivity index (χ4n) is 5.79. The number of aliphatic hydroxyl groups is 1. The van der Waals surface area contributed by atoms with Crippen LogP contribution >= 0.6 is 24.0 Å².